The van der Waals surface area contributed by atoms with Crippen molar-refractivity contribution in [1.82, 2.24) is 14.8 Å². The Labute approximate surface area is 106 Å². The van der Waals surface area contributed by atoms with Crippen LogP contribution in [0.4, 0.5) is 10.1 Å². The summed E-state index contributed by atoms with van der Waals surface area (Å²) in [6, 6.07) is 3.04. The number of halogens is 1. The molecule has 5 heteroatoms. The van der Waals surface area contributed by atoms with Crippen LogP contribution in [0.1, 0.15) is 31.1 Å². The van der Waals surface area contributed by atoms with Gasteiger partial charge in [-0.15, -0.1) is 0 Å². The van der Waals surface area contributed by atoms with Crippen molar-refractivity contribution in [3.63, 3.8) is 0 Å². The number of anilines is 1. The first-order chi connectivity index (χ1) is 8.56. The van der Waals surface area contributed by atoms with E-state index in [4.69, 9.17) is 5.73 Å². The smallest absolute Gasteiger partial charge is 0.151 e. The van der Waals surface area contributed by atoms with Gasteiger partial charge >= 0.3 is 0 Å². The Hall–Kier alpha value is -1.91. The Morgan fingerprint density at radius 2 is 2.00 bits per heavy atom. The lowest BCUT2D eigenvalue weighted by Crippen LogP contribution is -2.07. The predicted octanol–water partition coefficient (Wildman–Crippen LogP) is 2.42. The number of aryl methyl sites for hydroxylation is 3. The molecule has 0 saturated carbocycles. The molecule has 1 aromatic carbocycles. The third-order valence-corrected chi connectivity index (χ3v) is 2.89. The van der Waals surface area contributed by atoms with E-state index in [9.17, 15) is 4.39 Å². The van der Waals surface area contributed by atoms with E-state index < -0.39 is 0 Å². The maximum Gasteiger partial charge on any atom is 0.151 e. The lowest BCUT2D eigenvalue weighted by molar-refractivity contribution is 0.618. The van der Waals surface area contributed by atoms with Crippen molar-refractivity contribution >= 4 is 5.69 Å². The van der Waals surface area contributed by atoms with Gasteiger partial charge in [0.05, 0.1) is 11.4 Å². The van der Waals surface area contributed by atoms with E-state index in [2.05, 4.69) is 10.1 Å². The number of nitrogen functional groups attached to an aromatic ring is 1. The summed E-state index contributed by atoms with van der Waals surface area (Å²) in [4.78, 5) is 4.42. The zero-order valence-corrected chi connectivity index (χ0v) is 10.9. The first-order valence-electron chi connectivity index (χ1n) is 6.07. The van der Waals surface area contributed by atoms with Crippen LogP contribution in [0.15, 0.2) is 12.1 Å². The number of hydrogen-bond donors (Lipinski definition) is 1. The summed E-state index contributed by atoms with van der Waals surface area (Å²) in [7, 11) is 0. The van der Waals surface area contributed by atoms with Gasteiger partial charge in [-0.05, 0) is 24.6 Å². The number of nitrogens with zero attached hydrogens (tertiary/aromatic N) is 3. The number of nitrogens with two attached hydrogens (primary N) is 1. The van der Waals surface area contributed by atoms with Gasteiger partial charge in [0, 0.05) is 12.8 Å². The van der Waals surface area contributed by atoms with Crippen molar-refractivity contribution in [2.45, 2.75) is 33.6 Å². The second-order valence-corrected chi connectivity index (χ2v) is 4.22. The molecule has 0 bridgehead atoms. The fourth-order valence-corrected chi connectivity index (χ4v) is 1.83. The molecule has 18 heavy (non-hydrogen) atoms. The molecule has 1 heterocycles. The summed E-state index contributed by atoms with van der Waals surface area (Å²) in [5, 5.41) is 4.40. The molecule has 2 rings (SSSR count). The molecule has 0 saturated heterocycles. The Bertz CT molecular complexity index is 575. The van der Waals surface area contributed by atoms with Gasteiger partial charge < -0.3 is 5.73 Å². The summed E-state index contributed by atoms with van der Waals surface area (Å²) in [5.41, 5.74) is 7.49. The molecule has 0 fully saturated rings. The minimum atomic E-state index is -0.301. The van der Waals surface area contributed by atoms with Gasteiger partial charge in [0.2, 0.25) is 0 Å². The predicted molar refractivity (Wildman–Crippen MR) is 69.2 cm³/mol. The fourth-order valence-electron chi connectivity index (χ4n) is 1.83. The molecule has 2 N–H and O–H groups in total. The molecule has 1 aromatic heterocycles. The van der Waals surface area contributed by atoms with Crippen molar-refractivity contribution in [1.29, 1.82) is 0 Å². The number of hydrogen-bond acceptors (Lipinski definition) is 3. The second kappa shape index (κ2) is 4.76. The Morgan fingerprint density at radius 1 is 1.28 bits per heavy atom. The van der Waals surface area contributed by atoms with E-state index in [0.717, 1.165) is 24.5 Å². The molecule has 0 atom stereocenters. The van der Waals surface area contributed by atoms with Gasteiger partial charge in [0.1, 0.15) is 11.6 Å². The third kappa shape index (κ3) is 2.08. The largest absolute Gasteiger partial charge is 0.397 e. The highest BCUT2D eigenvalue weighted by Crippen LogP contribution is 2.22. The maximum absolute atomic E-state index is 13.4. The van der Waals surface area contributed by atoms with E-state index in [1.807, 2.05) is 13.8 Å². The normalized spacial score (nSPS) is 10.9. The van der Waals surface area contributed by atoms with Gasteiger partial charge in [-0.1, -0.05) is 13.8 Å². The van der Waals surface area contributed by atoms with Crippen LogP contribution >= 0.6 is 0 Å². The van der Waals surface area contributed by atoms with Gasteiger partial charge in [-0.3, -0.25) is 0 Å². The molecule has 0 amide bonds. The van der Waals surface area contributed by atoms with Gasteiger partial charge in [0.25, 0.3) is 0 Å². The third-order valence-electron chi connectivity index (χ3n) is 2.89. The molecule has 0 aliphatic carbocycles. The summed E-state index contributed by atoms with van der Waals surface area (Å²) in [6.45, 7) is 5.71. The molecule has 0 spiro atoms. The molecule has 0 aliphatic heterocycles. The van der Waals surface area contributed by atoms with Crippen LogP contribution in [0.3, 0.4) is 0 Å². The molecular formula is C13H17FN4. The highest BCUT2D eigenvalue weighted by atomic mass is 19.1. The average Bonchev–Trinajstić information content (AvgIpc) is 2.77. The van der Waals surface area contributed by atoms with Crippen molar-refractivity contribution in [3.8, 4) is 5.69 Å². The van der Waals surface area contributed by atoms with Crippen LogP contribution in [-0.2, 0) is 12.8 Å². The lowest BCUT2D eigenvalue weighted by Gasteiger charge is -2.09. The Morgan fingerprint density at radius 3 is 2.61 bits per heavy atom. The average molecular weight is 248 g/mol. The highest BCUT2D eigenvalue weighted by molar-refractivity contribution is 5.59. The fraction of sp³-hybridized carbons (Fsp3) is 0.385. The number of benzene rings is 1. The minimum Gasteiger partial charge on any atom is -0.397 e. The van der Waals surface area contributed by atoms with Crippen molar-refractivity contribution < 1.29 is 4.39 Å². The van der Waals surface area contributed by atoms with E-state index >= 15 is 0 Å². The first-order valence-corrected chi connectivity index (χ1v) is 6.07. The Balaban J connectivity index is 2.60. The van der Waals surface area contributed by atoms with Crippen molar-refractivity contribution in [3.05, 3.63) is 35.2 Å². The highest BCUT2D eigenvalue weighted by Gasteiger charge is 2.13. The van der Waals surface area contributed by atoms with Crippen molar-refractivity contribution in [2.24, 2.45) is 0 Å². The van der Waals surface area contributed by atoms with E-state index in [-0.39, 0.29) is 5.82 Å². The van der Waals surface area contributed by atoms with Crippen LogP contribution < -0.4 is 5.73 Å². The second-order valence-electron chi connectivity index (χ2n) is 4.22. The number of aromatic nitrogens is 3. The van der Waals surface area contributed by atoms with Crippen molar-refractivity contribution in [2.75, 3.05) is 5.73 Å². The molecular weight excluding hydrogens is 231 g/mol. The standard InChI is InChI=1S/C13H17FN4/c1-4-12-16-13(5-2)18(17-12)11-6-8(3)9(14)7-10(11)15/h6-7H,4-5,15H2,1-3H3. The SMILES string of the molecule is CCc1nc(CC)n(-c2cc(C)c(F)cc2N)n1. The van der Waals surface area contributed by atoms with Crippen LogP contribution in [0.25, 0.3) is 5.69 Å². The van der Waals surface area contributed by atoms with E-state index in [0.29, 0.717) is 16.9 Å². The maximum atomic E-state index is 13.4. The summed E-state index contributed by atoms with van der Waals surface area (Å²) >= 11 is 0. The molecule has 0 aliphatic rings. The summed E-state index contributed by atoms with van der Waals surface area (Å²) < 4.78 is 15.1. The molecule has 0 radical (unpaired) electrons. The van der Waals surface area contributed by atoms with E-state index in [1.54, 1.807) is 17.7 Å². The quantitative estimate of drug-likeness (QED) is 0.849. The van der Waals surface area contributed by atoms with Gasteiger partial charge in [0.15, 0.2) is 5.82 Å². The van der Waals surface area contributed by atoms with Crippen LogP contribution in [-0.4, -0.2) is 14.8 Å². The zero-order chi connectivity index (χ0) is 13.3. The van der Waals surface area contributed by atoms with Crippen LogP contribution in [0.5, 0.6) is 0 Å². The molecule has 4 nitrogen and oxygen atoms in total. The summed E-state index contributed by atoms with van der Waals surface area (Å²) in [5.74, 6) is 1.31. The molecule has 96 valence electrons. The monoisotopic (exact) mass is 248 g/mol. The zero-order valence-electron chi connectivity index (χ0n) is 10.9. The van der Waals surface area contributed by atoms with Gasteiger partial charge in [-0.25, -0.2) is 14.1 Å². The van der Waals surface area contributed by atoms with Crippen LogP contribution in [0, 0.1) is 12.7 Å². The molecule has 0 unspecified atom stereocenters. The topological polar surface area (TPSA) is 56.7 Å². The van der Waals surface area contributed by atoms with E-state index in [1.165, 1.54) is 6.07 Å². The first kappa shape index (κ1) is 12.5. The molecule has 2 aromatic rings. The number of rotatable bonds is 3. The minimum absolute atomic E-state index is 0.301. The lowest BCUT2D eigenvalue weighted by atomic mass is 10.2. The van der Waals surface area contributed by atoms with Gasteiger partial charge in [-0.2, -0.15) is 5.10 Å². The Kier molecular flexibility index (Phi) is 3.32. The van der Waals surface area contributed by atoms with Crippen LogP contribution in [0.2, 0.25) is 0 Å². The summed E-state index contributed by atoms with van der Waals surface area (Å²) in [6.07, 6.45) is 1.52.